The summed E-state index contributed by atoms with van der Waals surface area (Å²) in [4.78, 5) is 14.4. The van der Waals surface area contributed by atoms with Gasteiger partial charge in [-0.05, 0) is 36.4 Å². The highest BCUT2D eigenvalue weighted by molar-refractivity contribution is 6.30. The Morgan fingerprint density at radius 1 is 1.09 bits per heavy atom. The zero-order valence-electron chi connectivity index (χ0n) is 16.8. The van der Waals surface area contributed by atoms with E-state index < -0.39 is 11.6 Å². The van der Waals surface area contributed by atoms with E-state index in [1.807, 2.05) is 0 Å². The second kappa shape index (κ2) is 12.1. The molecule has 8 nitrogen and oxygen atoms in total. The molecule has 0 radical (unpaired) electrons. The topological polar surface area (TPSA) is 81.8 Å². The number of nitrogens with zero attached hydrogens (tertiary/aromatic N) is 3. The first kappa shape index (κ1) is 26.0. The molecule has 0 amide bonds. The highest BCUT2D eigenvalue weighted by Crippen LogP contribution is 2.23. The molecule has 1 N–H and O–H groups in total. The van der Waals surface area contributed by atoms with Crippen LogP contribution in [0.15, 0.2) is 51.7 Å². The first-order chi connectivity index (χ1) is 14.6. The summed E-state index contributed by atoms with van der Waals surface area (Å²) < 4.78 is 31.3. The van der Waals surface area contributed by atoms with Crippen molar-refractivity contribution in [3.05, 3.63) is 63.9 Å². The predicted molar refractivity (Wildman–Crippen MR) is 123 cm³/mol. The number of aromatic nitrogens is 2. The molecule has 32 heavy (non-hydrogen) atoms. The van der Waals surface area contributed by atoms with E-state index in [1.54, 1.807) is 30.3 Å². The molecule has 0 spiro atoms. The number of piperazine rings is 1. The maximum Gasteiger partial charge on any atom is 0.444 e. The Kier molecular flexibility index (Phi) is 9.80. The molecular weight excluding hydrogens is 486 g/mol. The quantitative estimate of drug-likeness (QED) is 0.524. The van der Waals surface area contributed by atoms with E-state index in [4.69, 9.17) is 25.5 Å². The minimum absolute atomic E-state index is 0. The van der Waals surface area contributed by atoms with Crippen LogP contribution in [0.2, 0.25) is 5.02 Å². The molecule has 0 saturated carbocycles. The molecule has 0 unspecified atom stereocenters. The van der Waals surface area contributed by atoms with Crippen LogP contribution in [-0.2, 0) is 0 Å². The largest absolute Gasteiger partial charge is 0.492 e. The van der Waals surface area contributed by atoms with E-state index in [0.717, 1.165) is 37.4 Å². The zero-order chi connectivity index (χ0) is 20.9. The van der Waals surface area contributed by atoms with Crippen molar-refractivity contribution in [1.82, 2.24) is 20.0 Å². The van der Waals surface area contributed by atoms with Crippen molar-refractivity contribution < 1.29 is 18.3 Å². The molecule has 3 aromatic rings. The zero-order valence-corrected chi connectivity index (χ0v) is 19.2. The molecule has 1 fully saturated rings. The van der Waals surface area contributed by atoms with E-state index in [2.05, 4.69) is 15.3 Å². The van der Waals surface area contributed by atoms with Crippen LogP contribution in [0.5, 0.6) is 17.6 Å². The van der Waals surface area contributed by atoms with Gasteiger partial charge in [0.05, 0.1) is 0 Å². The maximum atomic E-state index is 14.6. The molecule has 1 aromatic heterocycles. The number of benzene rings is 2. The van der Waals surface area contributed by atoms with Gasteiger partial charge in [-0.1, -0.05) is 16.7 Å². The molecular formula is C20H22Cl3FN4O4. The van der Waals surface area contributed by atoms with Crippen molar-refractivity contribution in [3.63, 3.8) is 0 Å². The van der Waals surface area contributed by atoms with E-state index in [9.17, 15) is 9.18 Å². The van der Waals surface area contributed by atoms with E-state index in [-0.39, 0.29) is 36.6 Å². The van der Waals surface area contributed by atoms with Gasteiger partial charge in [-0.3, -0.25) is 4.90 Å². The third-order valence-corrected chi connectivity index (χ3v) is 4.83. The number of hydrogen-bond acceptors (Lipinski definition) is 7. The van der Waals surface area contributed by atoms with Gasteiger partial charge in [0, 0.05) is 43.8 Å². The van der Waals surface area contributed by atoms with E-state index >= 15 is 0 Å². The lowest BCUT2D eigenvalue weighted by molar-refractivity contribution is 0.191. The van der Waals surface area contributed by atoms with Crippen molar-refractivity contribution in [2.24, 2.45) is 0 Å². The summed E-state index contributed by atoms with van der Waals surface area (Å²) in [5, 5.41) is 7.72. The Labute approximate surface area is 201 Å². The van der Waals surface area contributed by atoms with Gasteiger partial charge in [-0.15, -0.1) is 24.8 Å². The van der Waals surface area contributed by atoms with Gasteiger partial charge < -0.3 is 19.2 Å². The summed E-state index contributed by atoms with van der Waals surface area (Å²) >= 11 is 5.82. The number of hydrogen-bond donors (Lipinski definition) is 1. The van der Waals surface area contributed by atoms with Gasteiger partial charge in [0.2, 0.25) is 0 Å². The Hall–Kier alpha value is -2.30. The van der Waals surface area contributed by atoms with Crippen LogP contribution in [0.3, 0.4) is 0 Å². The van der Waals surface area contributed by atoms with Crippen LogP contribution in [0.1, 0.15) is 0 Å². The lowest BCUT2D eigenvalue weighted by Gasteiger charge is -2.26. The fourth-order valence-electron chi connectivity index (χ4n) is 3.03. The normalized spacial score (nSPS) is 13.7. The predicted octanol–water partition coefficient (Wildman–Crippen LogP) is 3.54. The lowest BCUT2D eigenvalue weighted by Crippen LogP contribution is -2.44. The molecule has 0 aliphatic carbocycles. The van der Waals surface area contributed by atoms with Crippen molar-refractivity contribution in [1.29, 1.82) is 0 Å². The number of ether oxygens (including phenoxy) is 2. The molecule has 1 saturated heterocycles. The monoisotopic (exact) mass is 506 g/mol. The summed E-state index contributed by atoms with van der Waals surface area (Å²) in [6, 6.07) is 10.6. The van der Waals surface area contributed by atoms with Crippen LogP contribution in [0.4, 0.5) is 4.39 Å². The fraction of sp³-hybridized carbons (Fsp3) is 0.300. The molecule has 12 heteroatoms. The van der Waals surface area contributed by atoms with Gasteiger partial charge in [0.25, 0.3) is 0 Å². The second-order valence-corrected chi connectivity index (χ2v) is 7.09. The molecule has 1 aliphatic rings. The average molecular weight is 508 g/mol. The molecule has 174 valence electrons. The van der Waals surface area contributed by atoms with Crippen LogP contribution in [0, 0.1) is 5.82 Å². The van der Waals surface area contributed by atoms with Crippen LogP contribution >= 0.6 is 36.4 Å². The van der Waals surface area contributed by atoms with Gasteiger partial charge in [-0.2, -0.15) is 4.68 Å². The Morgan fingerprint density at radius 3 is 2.47 bits per heavy atom. The summed E-state index contributed by atoms with van der Waals surface area (Å²) in [6.45, 7) is 5.05. The third-order valence-electron chi connectivity index (χ3n) is 4.58. The minimum Gasteiger partial charge on any atom is -0.492 e. The third kappa shape index (κ3) is 6.60. The van der Waals surface area contributed by atoms with Crippen molar-refractivity contribution in [2.75, 3.05) is 39.3 Å². The van der Waals surface area contributed by atoms with Crippen LogP contribution in [-0.4, -0.2) is 54.0 Å². The minimum atomic E-state index is -0.870. The van der Waals surface area contributed by atoms with Crippen molar-refractivity contribution in [3.8, 4) is 23.3 Å². The Bertz CT molecular complexity index is 1060. The van der Waals surface area contributed by atoms with Crippen molar-refractivity contribution in [2.45, 2.75) is 0 Å². The number of rotatable bonds is 7. The Morgan fingerprint density at radius 2 is 1.78 bits per heavy atom. The molecule has 2 aromatic carbocycles. The standard InChI is InChI=1S/C20H20ClFN4O4.2ClH/c21-14-1-3-15(4-2-14)29-19-24-26(20(27)30-19)18-6-5-16(13-17(18)22)28-12-11-25-9-7-23-8-10-25;;/h1-6,13,23H,7-12H2;2*1H. The molecule has 0 bridgehead atoms. The molecule has 0 atom stereocenters. The average Bonchev–Trinajstić information content (AvgIpc) is 3.10. The van der Waals surface area contributed by atoms with Crippen molar-refractivity contribution >= 4 is 36.4 Å². The molecule has 4 rings (SSSR count). The summed E-state index contributed by atoms with van der Waals surface area (Å²) in [5.74, 6) is -0.782. The van der Waals surface area contributed by atoms with E-state index in [1.165, 1.54) is 12.1 Å². The first-order valence-electron chi connectivity index (χ1n) is 9.48. The SMILES string of the molecule is Cl.Cl.O=c1oc(Oc2ccc(Cl)cc2)nn1-c1ccc(OCCN2CCNCC2)cc1F. The number of halogens is 4. The highest BCUT2D eigenvalue weighted by Gasteiger charge is 2.16. The fourth-order valence-corrected chi connectivity index (χ4v) is 3.16. The summed E-state index contributed by atoms with van der Waals surface area (Å²) in [5.41, 5.74) is -0.0656. The maximum absolute atomic E-state index is 14.6. The van der Waals surface area contributed by atoms with E-state index in [0.29, 0.717) is 23.1 Å². The van der Waals surface area contributed by atoms with Gasteiger partial charge in [0.1, 0.15) is 23.8 Å². The number of nitrogens with one attached hydrogen (secondary N) is 1. The second-order valence-electron chi connectivity index (χ2n) is 6.65. The summed E-state index contributed by atoms with van der Waals surface area (Å²) in [7, 11) is 0. The molecule has 1 aliphatic heterocycles. The van der Waals surface area contributed by atoms with Crippen LogP contribution < -0.4 is 20.5 Å². The molecule has 2 heterocycles. The van der Waals surface area contributed by atoms with Gasteiger partial charge in [0.15, 0.2) is 5.82 Å². The highest BCUT2D eigenvalue weighted by atomic mass is 35.5. The van der Waals surface area contributed by atoms with Gasteiger partial charge in [-0.25, -0.2) is 9.18 Å². The van der Waals surface area contributed by atoms with Gasteiger partial charge >= 0.3 is 11.8 Å². The lowest BCUT2D eigenvalue weighted by atomic mass is 10.3. The smallest absolute Gasteiger partial charge is 0.444 e. The summed E-state index contributed by atoms with van der Waals surface area (Å²) in [6.07, 6.45) is -0.307. The Balaban J connectivity index is 0.00000181. The first-order valence-corrected chi connectivity index (χ1v) is 9.86. The van der Waals surface area contributed by atoms with Crippen LogP contribution in [0.25, 0.3) is 5.69 Å².